The summed E-state index contributed by atoms with van der Waals surface area (Å²) in [5.74, 6) is -0.596. The van der Waals surface area contributed by atoms with Crippen LogP contribution in [-0.4, -0.2) is 24.1 Å². The molecule has 0 unspecified atom stereocenters. The lowest BCUT2D eigenvalue weighted by atomic mass is 9.93. The van der Waals surface area contributed by atoms with Gasteiger partial charge in [0.2, 0.25) is 5.91 Å². The summed E-state index contributed by atoms with van der Waals surface area (Å²) in [4.78, 5) is 17.1. The Kier molecular flexibility index (Phi) is 4.88. The number of aromatic nitrogens is 1. The van der Waals surface area contributed by atoms with E-state index in [1.165, 1.54) is 37.3 Å². The Bertz CT molecular complexity index is 832. The van der Waals surface area contributed by atoms with Gasteiger partial charge in [0.05, 0.1) is 10.6 Å². The van der Waals surface area contributed by atoms with Gasteiger partial charge >= 0.3 is 0 Å². The molecule has 1 aromatic carbocycles. The van der Waals surface area contributed by atoms with Crippen LogP contribution >= 0.6 is 11.3 Å². The van der Waals surface area contributed by atoms with Crippen molar-refractivity contribution in [3.8, 4) is 0 Å². The summed E-state index contributed by atoms with van der Waals surface area (Å²) in [6.07, 6.45) is 0. The molecule has 2 aromatic rings. The molecule has 7 heteroatoms. The van der Waals surface area contributed by atoms with E-state index in [1.54, 1.807) is 18.2 Å². The van der Waals surface area contributed by atoms with Crippen LogP contribution in [0.2, 0.25) is 0 Å². The van der Waals surface area contributed by atoms with Gasteiger partial charge in [0.25, 0.3) is 0 Å². The summed E-state index contributed by atoms with van der Waals surface area (Å²) in [6, 6.07) is 7.99. The van der Waals surface area contributed by atoms with E-state index >= 15 is 0 Å². The van der Waals surface area contributed by atoms with Crippen molar-refractivity contribution in [3.05, 3.63) is 41.4 Å². The zero-order valence-electron chi connectivity index (χ0n) is 14.5. The SMILES string of the molecule is CC(C)(C)c1csc(NC(=O)C(C)(C)S(=O)(=O)c2ccccc2)n1. The number of sulfone groups is 1. The van der Waals surface area contributed by atoms with Gasteiger partial charge in [-0.2, -0.15) is 0 Å². The Morgan fingerprint density at radius 1 is 1.08 bits per heavy atom. The minimum atomic E-state index is -3.81. The van der Waals surface area contributed by atoms with Crippen molar-refractivity contribution >= 4 is 32.2 Å². The largest absolute Gasteiger partial charge is 0.301 e. The minimum absolute atomic E-state index is 0.125. The fourth-order valence-corrected chi connectivity index (χ4v) is 4.27. The van der Waals surface area contributed by atoms with Crippen LogP contribution in [0.25, 0.3) is 0 Å². The van der Waals surface area contributed by atoms with Crippen LogP contribution < -0.4 is 5.32 Å². The Balaban J connectivity index is 2.26. The molecule has 1 heterocycles. The Labute approximate surface area is 147 Å². The second kappa shape index (κ2) is 6.29. The van der Waals surface area contributed by atoms with Crippen LogP contribution in [0, 0.1) is 0 Å². The molecular formula is C17H22N2O3S2. The lowest BCUT2D eigenvalue weighted by Gasteiger charge is -2.23. The maximum absolute atomic E-state index is 12.8. The van der Waals surface area contributed by atoms with E-state index in [0.717, 1.165) is 5.69 Å². The molecule has 0 bridgehead atoms. The van der Waals surface area contributed by atoms with Crippen LogP contribution in [0.3, 0.4) is 0 Å². The average molecular weight is 367 g/mol. The predicted octanol–water partition coefficient (Wildman–Crippen LogP) is 3.63. The van der Waals surface area contributed by atoms with Crippen molar-refractivity contribution in [2.75, 3.05) is 5.32 Å². The zero-order chi connectivity index (χ0) is 18.2. The molecule has 1 amide bonds. The smallest absolute Gasteiger partial charge is 0.247 e. The van der Waals surface area contributed by atoms with Crippen molar-refractivity contribution in [2.45, 2.75) is 49.7 Å². The van der Waals surface area contributed by atoms with Gasteiger partial charge < -0.3 is 5.32 Å². The van der Waals surface area contributed by atoms with Crippen molar-refractivity contribution in [1.29, 1.82) is 0 Å². The molecule has 24 heavy (non-hydrogen) atoms. The first-order valence-electron chi connectivity index (χ1n) is 7.53. The number of nitrogens with one attached hydrogen (secondary N) is 1. The minimum Gasteiger partial charge on any atom is -0.301 e. The van der Waals surface area contributed by atoms with E-state index in [9.17, 15) is 13.2 Å². The van der Waals surface area contributed by atoms with Gasteiger partial charge in [-0.15, -0.1) is 11.3 Å². The second-order valence-electron chi connectivity index (χ2n) is 7.07. The molecule has 0 fully saturated rings. The van der Waals surface area contributed by atoms with Gasteiger partial charge in [-0.1, -0.05) is 39.0 Å². The van der Waals surface area contributed by atoms with Crippen molar-refractivity contribution < 1.29 is 13.2 Å². The highest BCUT2D eigenvalue weighted by Crippen LogP contribution is 2.29. The number of carbonyl (C=O) groups excluding carboxylic acids is 1. The number of thiazole rings is 1. The number of hydrogen-bond acceptors (Lipinski definition) is 5. The molecule has 0 atom stereocenters. The molecule has 0 aliphatic heterocycles. The molecule has 130 valence electrons. The summed E-state index contributed by atoms with van der Waals surface area (Å²) in [5, 5.41) is 4.91. The Hall–Kier alpha value is -1.73. The molecule has 0 aliphatic rings. The number of carbonyl (C=O) groups is 1. The first-order valence-corrected chi connectivity index (χ1v) is 9.89. The quantitative estimate of drug-likeness (QED) is 0.896. The molecule has 1 aromatic heterocycles. The van der Waals surface area contributed by atoms with E-state index in [4.69, 9.17) is 0 Å². The summed E-state index contributed by atoms with van der Waals surface area (Å²) >= 11 is 1.29. The lowest BCUT2D eigenvalue weighted by Crippen LogP contribution is -2.44. The highest BCUT2D eigenvalue weighted by Gasteiger charge is 2.43. The Morgan fingerprint density at radius 2 is 1.67 bits per heavy atom. The second-order valence-corrected chi connectivity index (χ2v) is 10.4. The molecule has 1 N–H and O–H groups in total. The molecule has 0 spiro atoms. The monoisotopic (exact) mass is 366 g/mol. The van der Waals surface area contributed by atoms with Gasteiger partial charge in [0.1, 0.15) is 4.75 Å². The topological polar surface area (TPSA) is 76.1 Å². The van der Waals surface area contributed by atoms with Crippen molar-refractivity contribution in [3.63, 3.8) is 0 Å². The van der Waals surface area contributed by atoms with Crippen molar-refractivity contribution in [1.82, 2.24) is 4.98 Å². The fourth-order valence-electron chi connectivity index (χ4n) is 1.94. The van der Waals surface area contributed by atoms with Gasteiger partial charge in [0, 0.05) is 10.8 Å². The number of benzene rings is 1. The molecular weight excluding hydrogens is 344 g/mol. The molecule has 0 aliphatic carbocycles. The summed E-state index contributed by atoms with van der Waals surface area (Å²) in [6.45, 7) is 8.89. The summed E-state index contributed by atoms with van der Waals surface area (Å²) in [5.41, 5.74) is 0.719. The van der Waals surface area contributed by atoms with Crippen molar-refractivity contribution in [2.24, 2.45) is 0 Å². The highest BCUT2D eigenvalue weighted by atomic mass is 32.2. The van der Waals surface area contributed by atoms with Crippen LogP contribution in [0.1, 0.15) is 40.3 Å². The van der Waals surface area contributed by atoms with Gasteiger partial charge in [-0.05, 0) is 26.0 Å². The van der Waals surface area contributed by atoms with Crippen LogP contribution in [0.5, 0.6) is 0 Å². The molecule has 2 rings (SSSR count). The molecule has 0 saturated carbocycles. The Morgan fingerprint density at radius 3 is 2.17 bits per heavy atom. The first kappa shape index (κ1) is 18.6. The van der Waals surface area contributed by atoms with Crippen LogP contribution in [0.15, 0.2) is 40.6 Å². The third-order valence-electron chi connectivity index (χ3n) is 3.77. The zero-order valence-corrected chi connectivity index (χ0v) is 16.1. The maximum atomic E-state index is 12.8. The van der Waals surface area contributed by atoms with Gasteiger partial charge in [-0.25, -0.2) is 13.4 Å². The maximum Gasteiger partial charge on any atom is 0.247 e. The molecule has 5 nitrogen and oxygen atoms in total. The average Bonchev–Trinajstić information content (AvgIpc) is 2.96. The van der Waals surface area contributed by atoms with Crippen LogP contribution in [-0.2, 0) is 20.0 Å². The standard InChI is InChI=1S/C17H22N2O3S2/c1-16(2,3)13-11-23-15(18-13)19-14(20)17(4,5)24(21,22)12-9-7-6-8-10-12/h6-11H,1-5H3,(H,18,19,20). The highest BCUT2D eigenvalue weighted by molar-refractivity contribution is 7.93. The van der Waals surface area contributed by atoms with E-state index in [-0.39, 0.29) is 10.3 Å². The molecule has 0 radical (unpaired) electrons. The van der Waals surface area contributed by atoms with E-state index in [2.05, 4.69) is 10.3 Å². The first-order chi connectivity index (χ1) is 11.0. The third-order valence-corrected chi connectivity index (χ3v) is 6.94. The van der Waals surface area contributed by atoms with Gasteiger partial charge in [-0.3, -0.25) is 4.79 Å². The molecule has 0 saturated heterocycles. The van der Waals surface area contributed by atoms with E-state index in [1.807, 2.05) is 26.2 Å². The van der Waals surface area contributed by atoms with Crippen LogP contribution in [0.4, 0.5) is 5.13 Å². The third kappa shape index (κ3) is 3.52. The van der Waals surface area contributed by atoms with E-state index in [0.29, 0.717) is 5.13 Å². The number of anilines is 1. The number of amides is 1. The fraction of sp³-hybridized carbons (Fsp3) is 0.412. The van der Waals surface area contributed by atoms with E-state index < -0.39 is 20.5 Å². The predicted molar refractivity (Wildman–Crippen MR) is 97.2 cm³/mol. The lowest BCUT2D eigenvalue weighted by molar-refractivity contribution is -0.117. The summed E-state index contributed by atoms with van der Waals surface area (Å²) in [7, 11) is -3.81. The van der Waals surface area contributed by atoms with Gasteiger partial charge in [0.15, 0.2) is 15.0 Å². The summed E-state index contributed by atoms with van der Waals surface area (Å²) < 4.78 is 23.9. The number of rotatable bonds is 4. The normalized spacial score (nSPS) is 12.9. The number of nitrogens with zero attached hydrogens (tertiary/aromatic N) is 1. The number of hydrogen-bond donors (Lipinski definition) is 1.